The first-order valence-corrected chi connectivity index (χ1v) is 11.3. The molecule has 0 spiro atoms. The molecular weight excluding hydrogens is 448 g/mol. The van der Waals surface area contributed by atoms with Crippen molar-refractivity contribution in [3.8, 4) is 17.2 Å². The van der Waals surface area contributed by atoms with Gasteiger partial charge >= 0.3 is 0 Å². The van der Waals surface area contributed by atoms with Crippen LogP contribution in [0.15, 0.2) is 72.6 Å². The van der Waals surface area contributed by atoms with Gasteiger partial charge in [-0.2, -0.15) is 0 Å². The lowest BCUT2D eigenvalue weighted by Crippen LogP contribution is -2.29. The Morgan fingerprint density at radius 3 is 2.31 bits per heavy atom. The third-order valence-electron chi connectivity index (χ3n) is 5.67. The van der Waals surface area contributed by atoms with Crippen molar-refractivity contribution in [3.05, 3.63) is 89.3 Å². The molecule has 1 atom stereocenters. The van der Waals surface area contributed by atoms with Gasteiger partial charge in [0.1, 0.15) is 23.0 Å². The number of carbonyl (C=O) groups is 2. The standard InChI is InChI=1S/C27H26N2O6/c1-3-34-20-9-10-21(22(15-20)35-4-2)25(31)23-24(18-5-7-19(30)8-6-18)29(27(33)26(23)32)16-17-11-13-28-14-12-17/h5-15,24,30-31H,3-4,16H2,1-2H3/b25-23-. The van der Waals surface area contributed by atoms with Gasteiger partial charge in [-0.25, -0.2) is 0 Å². The van der Waals surface area contributed by atoms with Gasteiger partial charge in [0.05, 0.1) is 30.4 Å². The third kappa shape index (κ3) is 4.82. The van der Waals surface area contributed by atoms with E-state index in [1.807, 2.05) is 6.92 Å². The smallest absolute Gasteiger partial charge is 0.295 e. The Morgan fingerprint density at radius 2 is 1.66 bits per heavy atom. The van der Waals surface area contributed by atoms with Gasteiger partial charge in [-0.05, 0) is 61.4 Å². The van der Waals surface area contributed by atoms with Gasteiger partial charge in [0.25, 0.3) is 11.7 Å². The van der Waals surface area contributed by atoms with Gasteiger partial charge < -0.3 is 24.6 Å². The monoisotopic (exact) mass is 474 g/mol. The van der Waals surface area contributed by atoms with Crippen molar-refractivity contribution >= 4 is 17.4 Å². The van der Waals surface area contributed by atoms with E-state index in [1.165, 1.54) is 17.0 Å². The van der Waals surface area contributed by atoms with Crippen molar-refractivity contribution in [1.29, 1.82) is 0 Å². The molecular formula is C27H26N2O6. The van der Waals surface area contributed by atoms with Crippen molar-refractivity contribution in [2.24, 2.45) is 0 Å². The van der Waals surface area contributed by atoms with Gasteiger partial charge in [-0.15, -0.1) is 0 Å². The van der Waals surface area contributed by atoms with Crippen LogP contribution in [0.2, 0.25) is 0 Å². The summed E-state index contributed by atoms with van der Waals surface area (Å²) in [6, 6.07) is 13.8. The number of rotatable bonds is 8. The highest BCUT2D eigenvalue weighted by atomic mass is 16.5. The number of phenolic OH excluding ortho intramolecular Hbond substituents is 1. The molecule has 2 heterocycles. The number of hydrogen-bond donors (Lipinski definition) is 2. The molecule has 8 heteroatoms. The van der Waals surface area contributed by atoms with E-state index in [0.717, 1.165) is 5.56 Å². The number of phenols is 1. The molecule has 3 aromatic rings. The van der Waals surface area contributed by atoms with E-state index >= 15 is 0 Å². The first-order chi connectivity index (χ1) is 16.9. The van der Waals surface area contributed by atoms with E-state index in [2.05, 4.69) is 4.98 Å². The SMILES string of the molecule is CCOc1ccc(/C(O)=C2/C(=O)C(=O)N(Cc3ccncc3)C2c2ccc(O)cc2)c(OCC)c1. The van der Waals surface area contributed by atoms with E-state index in [9.17, 15) is 19.8 Å². The fourth-order valence-electron chi connectivity index (χ4n) is 4.11. The zero-order chi connectivity index (χ0) is 24.9. The molecule has 2 N–H and O–H groups in total. The molecule has 0 saturated carbocycles. The number of benzene rings is 2. The number of aromatic hydroxyl groups is 1. The van der Waals surface area contributed by atoms with Crippen LogP contribution in [0.5, 0.6) is 17.2 Å². The summed E-state index contributed by atoms with van der Waals surface area (Å²) >= 11 is 0. The number of aromatic nitrogens is 1. The minimum atomic E-state index is -0.871. The summed E-state index contributed by atoms with van der Waals surface area (Å²) in [6.45, 7) is 4.58. The molecule has 1 amide bonds. The number of pyridine rings is 1. The number of hydrogen-bond acceptors (Lipinski definition) is 7. The third-order valence-corrected chi connectivity index (χ3v) is 5.67. The lowest BCUT2D eigenvalue weighted by Gasteiger charge is -2.25. The van der Waals surface area contributed by atoms with Gasteiger partial charge in [0, 0.05) is 25.0 Å². The summed E-state index contributed by atoms with van der Waals surface area (Å²) in [5.41, 5.74) is 1.57. The molecule has 1 aromatic heterocycles. The predicted molar refractivity (Wildman–Crippen MR) is 129 cm³/mol. The molecule has 35 heavy (non-hydrogen) atoms. The van der Waals surface area contributed by atoms with Crippen molar-refractivity contribution in [1.82, 2.24) is 9.88 Å². The van der Waals surface area contributed by atoms with Crippen LogP contribution in [0.4, 0.5) is 0 Å². The molecule has 1 unspecified atom stereocenters. The summed E-state index contributed by atoms with van der Waals surface area (Å²) in [4.78, 5) is 31.9. The lowest BCUT2D eigenvalue weighted by atomic mass is 9.94. The van der Waals surface area contributed by atoms with Crippen molar-refractivity contribution in [3.63, 3.8) is 0 Å². The molecule has 1 saturated heterocycles. The number of likely N-dealkylation sites (tertiary alicyclic amines) is 1. The van der Waals surface area contributed by atoms with Crippen molar-refractivity contribution in [2.75, 3.05) is 13.2 Å². The molecule has 0 aliphatic carbocycles. The van der Waals surface area contributed by atoms with E-state index in [4.69, 9.17) is 9.47 Å². The van der Waals surface area contributed by atoms with Crippen LogP contribution >= 0.6 is 0 Å². The highest BCUT2D eigenvalue weighted by Gasteiger charge is 2.46. The van der Waals surface area contributed by atoms with Crippen LogP contribution in [0.1, 0.15) is 36.6 Å². The first kappa shape index (κ1) is 23.8. The maximum atomic E-state index is 13.3. The van der Waals surface area contributed by atoms with Gasteiger partial charge in [-0.1, -0.05) is 12.1 Å². The zero-order valence-corrected chi connectivity index (χ0v) is 19.5. The van der Waals surface area contributed by atoms with E-state index in [-0.39, 0.29) is 29.2 Å². The Bertz CT molecular complexity index is 1250. The molecule has 2 aromatic carbocycles. The Morgan fingerprint density at radius 1 is 0.971 bits per heavy atom. The number of ketones is 1. The van der Waals surface area contributed by atoms with E-state index in [0.29, 0.717) is 30.3 Å². The van der Waals surface area contributed by atoms with Crippen LogP contribution in [-0.2, 0) is 16.1 Å². The number of aliphatic hydroxyl groups is 1. The summed E-state index contributed by atoms with van der Waals surface area (Å²) < 4.78 is 11.3. The largest absolute Gasteiger partial charge is 0.508 e. The Hall–Kier alpha value is -4.33. The summed E-state index contributed by atoms with van der Waals surface area (Å²) in [5, 5.41) is 21.2. The van der Waals surface area contributed by atoms with Crippen LogP contribution in [-0.4, -0.2) is 45.0 Å². The maximum Gasteiger partial charge on any atom is 0.295 e. The number of carbonyl (C=O) groups excluding carboxylic acids is 2. The predicted octanol–water partition coefficient (Wildman–Crippen LogP) is 4.21. The normalized spacial score (nSPS) is 17.0. The van der Waals surface area contributed by atoms with Crippen LogP contribution in [0, 0.1) is 0 Å². The van der Waals surface area contributed by atoms with Crippen LogP contribution in [0.3, 0.4) is 0 Å². The molecule has 1 aliphatic rings. The molecule has 0 radical (unpaired) electrons. The second-order valence-electron chi connectivity index (χ2n) is 7.90. The number of nitrogens with zero attached hydrogens (tertiary/aromatic N) is 2. The molecule has 8 nitrogen and oxygen atoms in total. The Kier molecular flexibility index (Phi) is 7.01. The number of aliphatic hydroxyl groups excluding tert-OH is 1. The fourth-order valence-corrected chi connectivity index (χ4v) is 4.11. The Labute approximate surface area is 203 Å². The van der Waals surface area contributed by atoms with Gasteiger partial charge in [0.15, 0.2) is 0 Å². The van der Waals surface area contributed by atoms with Crippen molar-refractivity contribution in [2.45, 2.75) is 26.4 Å². The summed E-state index contributed by atoms with van der Waals surface area (Å²) in [7, 11) is 0. The van der Waals surface area contributed by atoms with Gasteiger partial charge in [-0.3, -0.25) is 14.6 Å². The maximum absolute atomic E-state index is 13.3. The molecule has 1 aliphatic heterocycles. The minimum absolute atomic E-state index is 0.0463. The van der Waals surface area contributed by atoms with Crippen LogP contribution < -0.4 is 9.47 Å². The number of amides is 1. The first-order valence-electron chi connectivity index (χ1n) is 11.3. The summed E-state index contributed by atoms with van der Waals surface area (Å²) in [6.07, 6.45) is 3.21. The second-order valence-corrected chi connectivity index (χ2v) is 7.90. The van der Waals surface area contributed by atoms with Crippen LogP contribution in [0.25, 0.3) is 5.76 Å². The molecule has 1 fully saturated rings. The average Bonchev–Trinajstić information content (AvgIpc) is 3.10. The highest BCUT2D eigenvalue weighted by molar-refractivity contribution is 6.46. The molecule has 4 rings (SSSR count). The lowest BCUT2D eigenvalue weighted by molar-refractivity contribution is -0.140. The topological polar surface area (TPSA) is 109 Å². The van der Waals surface area contributed by atoms with E-state index < -0.39 is 17.7 Å². The number of ether oxygens (including phenoxy) is 2. The Balaban J connectivity index is 1.87. The van der Waals surface area contributed by atoms with Crippen molar-refractivity contribution < 1.29 is 29.3 Å². The quantitative estimate of drug-likeness (QED) is 0.286. The zero-order valence-electron chi connectivity index (χ0n) is 19.5. The van der Waals surface area contributed by atoms with Gasteiger partial charge in [0.2, 0.25) is 0 Å². The molecule has 180 valence electrons. The fraction of sp³-hybridized carbons (Fsp3) is 0.222. The minimum Gasteiger partial charge on any atom is -0.508 e. The average molecular weight is 475 g/mol. The van der Waals surface area contributed by atoms with E-state index in [1.54, 1.807) is 61.8 Å². The summed E-state index contributed by atoms with van der Waals surface area (Å²) in [5.74, 6) is -0.937. The molecule has 0 bridgehead atoms. The number of Topliss-reactive ketones (excluding diaryl/α,β-unsaturated/α-hetero) is 1. The second kappa shape index (κ2) is 10.3. The highest BCUT2D eigenvalue weighted by Crippen LogP contribution is 2.42.